The summed E-state index contributed by atoms with van der Waals surface area (Å²) >= 11 is 5.11. The van der Waals surface area contributed by atoms with E-state index >= 15 is 0 Å². The first-order valence-corrected chi connectivity index (χ1v) is 9.14. The Morgan fingerprint density at radius 2 is 1.74 bits per heavy atom. The van der Waals surface area contributed by atoms with Gasteiger partial charge in [-0.05, 0) is 54.8 Å². The van der Waals surface area contributed by atoms with Gasteiger partial charge >= 0.3 is 0 Å². The molecule has 0 atom stereocenters. The highest BCUT2D eigenvalue weighted by Gasteiger charge is 2.27. The third-order valence-electron chi connectivity index (χ3n) is 3.84. The Balaban J connectivity index is 1.82. The molecule has 23 heavy (non-hydrogen) atoms. The van der Waals surface area contributed by atoms with E-state index in [1.165, 1.54) is 36.2 Å². The van der Waals surface area contributed by atoms with Crippen molar-refractivity contribution in [2.45, 2.75) is 18.9 Å². The fraction of sp³-hybridized carbons (Fsp3) is 0.167. The molecule has 0 N–H and O–H groups in total. The topological polar surface area (TPSA) is 17.3 Å². The molecule has 5 heteroatoms. The Morgan fingerprint density at radius 3 is 2.39 bits per heavy atom. The highest BCUT2D eigenvalue weighted by Crippen LogP contribution is 2.38. The largest absolute Gasteiger partial charge is 0.313 e. The van der Waals surface area contributed by atoms with E-state index in [4.69, 9.17) is 4.99 Å². The quantitative estimate of drug-likeness (QED) is 0.548. The molecular formula is C18H14BrFN2S. The maximum absolute atomic E-state index is 13.1. The summed E-state index contributed by atoms with van der Waals surface area (Å²) in [5.41, 5.74) is 3.17. The fourth-order valence-electron chi connectivity index (χ4n) is 2.54. The summed E-state index contributed by atoms with van der Waals surface area (Å²) in [5.74, 6) is -0.235. The third kappa shape index (κ3) is 3.16. The van der Waals surface area contributed by atoms with Gasteiger partial charge in [0.2, 0.25) is 0 Å². The lowest BCUT2D eigenvalue weighted by Crippen LogP contribution is -2.14. The predicted molar refractivity (Wildman–Crippen MR) is 95.3 cm³/mol. The lowest BCUT2D eigenvalue weighted by atomic mass is 10.2. The molecule has 1 saturated carbocycles. The van der Waals surface area contributed by atoms with Crippen LogP contribution in [0.3, 0.4) is 0 Å². The van der Waals surface area contributed by atoms with Gasteiger partial charge in [0.15, 0.2) is 4.80 Å². The average molecular weight is 389 g/mol. The van der Waals surface area contributed by atoms with Crippen molar-refractivity contribution in [3.63, 3.8) is 0 Å². The molecule has 116 valence electrons. The average Bonchev–Trinajstić information content (AvgIpc) is 3.31. The van der Waals surface area contributed by atoms with E-state index in [0.717, 1.165) is 15.0 Å². The lowest BCUT2D eigenvalue weighted by molar-refractivity contribution is 0.628. The Morgan fingerprint density at radius 1 is 1.04 bits per heavy atom. The van der Waals surface area contributed by atoms with Gasteiger partial charge in [-0.1, -0.05) is 28.1 Å². The molecule has 1 heterocycles. The second-order valence-corrected chi connectivity index (χ2v) is 7.35. The van der Waals surface area contributed by atoms with Crippen molar-refractivity contribution in [1.29, 1.82) is 0 Å². The first kappa shape index (κ1) is 14.8. The summed E-state index contributed by atoms with van der Waals surface area (Å²) in [7, 11) is 0. The monoisotopic (exact) mass is 388 g/mol. The van der Waals surface area contributed by atoms with Crippen molar-refractivity contribution < 1.29 is 4.39 Å². The minimum absolute atomic E-state index is 0.235. The van der Waals surface area contributed by atoms with Crippen LogP contribution in [0.15, 0.2) is 63.4 Å². The zero-order valence-electron chi connectivity index (χ0n) is 12.2. The second kappa shape index (κ2) is 6.06. The molecule has 0 spiro atoms. The number of aromatic nitrogens is 1. The Kier molecular flexibility index (Phi) is 3.91. The zero-order chi connectivity index (χ0) is 15.8. The highest BCUT2D eigenvalue weighted by molar-refractivity contribution is 9.10. The van der Waals surface area contributed by atoms with Gasteiger partial charge in [0, 0.05) is 15.9 Å². The molecule has 0 amide bonds. The molecule has 0 unspecified atom stereocenters. The molecule has 1 aromatic heterocycles. The van der Waals surface area contributed by atoms with Crippen molar-refractivity contribution >= 4 is 33.0 Å². The van der Waals surface area contributed by atoms with Gasteiger partial charge < -0.3 is 4.57 Å². The van der Waals surface area contributed by atoms with Crippen molar-refractivity contribution in [3.8, 4) is 11.3 Å². The van der Waals surface area contributed by atoms with Crippen LogP contribution < -0.4 is 4.80 Å². The first-order chi connectivity index (χ1) is 11.2. The van der Waals surface area contributed by atoms with Gasteiger partial charge in [-0.2, -0.15) is 0 Å². The lowest BCUT2D eigenvalue weighted by Gasteiger charge is -2.07. The zero-order valence-corrected chi connectivity index (χ0v) is 14.6. The van der Waals surface area contributed by atoms with Crippen LogP contribution in [-0.2, 0) is 0 Å². The number of halogens is 2. The van der Waals surface area contributed by atoms with Crippen LogP contribution in [-0.4, -0.2) is 4.57 Å². The standard InChI is InChI=1S/C18H14BrFN2S/c19-13-3-1-12(2-4-13)17-11-23-18(22(17)16-9-10-16)21-15-7-5-14(20)6-8-15/h1-8,11,16H,9-10H2. The fourth-order valence-corrected chi connectivity index (χ4v) is 3.79. The SMILES string of the molecule is Fc1ccc(N=c2scc(-c3ccc(Br)cc3)n2C2CC2)cc1. The van der Waals surface area contributed by atoms with E-state index in [1.54, 1.807) is 23.5 Å². The van der Waals surface area contributed by atoms with Crippen LogP contribution >= 0.6 is 27.3 Å². The van der Waals surface area contributed by atoms with Gasteiger partial charge in [0.1, 0.15) is 5.82 Å². The van der Waals surface area contributed by atoms with Crippen LogP contribution in [0.5, 0.6) is 0 Å². The number of thiazole rings is 1. The second-order valence-electron chi connectivity index (χ2n) is 5.60. The summed E-state index contributed by atoms with van der Waals surface area (Å²) in [4.78, 5) is 5.68. The van der Waals surface area contributed by atoms with Gasteiger partial charge in [-0.25, -0.2) is 9.38 Å². The minimum Gasteiger partial charge on any atom is -0.313 e. The van der Waals surface area contributed by atoms with Crippen molar-refractivity contribution in [3.05, 3.63) is 69.0 Å². The maximum atomic E-state index is 13.1. The molecule has 1 aliphatic rings. The summed E-state index contributed by atoms with van der Waals surface area (Å²) in [6.07, 6.45) is 2.38. The Bertz CT molecular complexity index is 890. The molecule has 3 aromatic rings. The normalized spacial score (nSPS) is 15.1. The van der Waals surface area contributed by atoms with Crippen LogP contribution in [0, 0.1) is 5.82 Å². The molecule has 0 radical (unpaired) electrons. The van der Waals surface area contributed by atoms with Crippen LogP contribution in [0.25, 0.3) is 11.3 Å². The summed E-state index contributed by atoms with van der Waals surface area (Å²) in [6, 6.07) is 15.2. The molecule has 0 bridgehead atoms. The predicted octanol–water partition coefficient (Wildman–Crippen LogP) is 5.69. The summed E-state index contributed by atoms with van der Waals surface area (Å²) in [5, 5.41) is 2.16. The summed E-state index contributed by atoms with van der Waals surface area (Å²) < 4.78 is 16.4. The molecule has 4 rings (SSSR count). The maximum Gasteiger partial charge on any atom is 0.190 e. The van der Waals surface area contributed by atoms with E-state index in [2.05, 4.69) is 50.1 Å². The Hall–Kier alpha value is -1.72. The molecule has 0 aliphatic heterocycles. The third-order valence-corrected chi connectivity index (χ3v) is 5.21. The van der Waals surface area contributed by atoms with Gasteiger partial charge in [0.25, 0.3) is 0 Å². The number of benzene rings is 2. The van der Waals surface area contributed by atoms with Gasteiger partial charge in [-0.3, -0.25) is 0 Å². The van der Waals surface area contributed by atoms with Crippen LogP contribution in [0.1, 0.15) is 18.9 Å². The molecule has 1 aliphatic carbocycles. The molecule has 2 nitrogen and oxygen atoms in total. The van der Waals surface area contributed by atoms with Gasteiger partial charge in [0.05, 0.1) is 11.4 Å². The number of hydrogen-bond acceptors (Lipinski definition) is 2. The van der Waals surface area contributed by atoms with E-state index in [0.29, 0.717) is 6.04 Å². The molecule has 1 fully saturated rings. The van der Waals surface area contributed by atoms with E-state index < -0.39 is 0 Å². The smallest absolute Gasteiger partial charge is 0.190 e. The molecule has 0 saturated heterocycles. The van der Waals surface area contributed by atoms with Crippen LogP contribution in [0.4, 0.5) is 10.1 Å². The Labute approximate surface area is 146 Å². The number of nitrogens with zero attached hydrogens (tertiary/aromatic N) is 2. The van der Waals surface area contributed by atoms with Crippen molar-refractivity contribution in [1.82, 2.24) is 4.57 Å². The van der Waals surface area contributed by atoms with Crippen molar-refractivity contribution in [2.24, 2.45) is 4.99 Å². The van der Waals surface area contributed by atoms with Gasteiger partial charge in [-0.15, -0.1) is 11.3 Å². The van der Waals surface area contributed by atoms with Crippen molar-refractivity contribution in [2.75, 3.05) is 0 Å². The highest BCUT2D eigenvalue weighted by atomic mass is 79.9. The van der Waals surface area contributed by atoms with E-state index in [-0.39, 0.29) is 5.82 Å². The first-order valence-electron chi connectivity index (χ1n) is 7.47. The molecule has 2 aromatic carbocycles. The van der Waals surface area contributed by atoms with E-state index in [9.17, 15) is 4.39 Å². The summed E-state index contributed by atoms with van der Waals surface area (Å²) in [6.45, 7) is 0. The van der Waals surface area contributed by atoms with Crippen LogP contribution in [0.2, 0.25) is 0 Å². The number of hydrogen-bond donors (Lipinski definition) is 0. The van der Waals surface area contributed by atoms with E-state index in [1.807, 2.05) is 0 Å². The molecular weight excluding hydrogens is 375 g/mol. The number of rotatable bonds is 3. The minimum atomic E-state index is -0.235.